The van der Waals surface area contributed by atoms with E-state index in [4.69, 9.17) is 19.2 Å². The van der Waals surface area contributed by atoms with Gasteiger partial charge in [-0.1, -0.05) is 30.0 Å². The maximum atomic E-state index is 13.2. The fourth-order valence-corrected chi connectivity index (χ4v) is 4.93. The molecule has 33 heavy (non-hydrogen) atoms. The average molecular weight is 468 g/mol. The van der Waals surface area contributed by atoms with Crippen LogP contribution in [0.1, 0.15) is 25.3 Å². The van der Waals surface area contributed by atoms with Gasteiger partial charge in [0, 0.05) is 13.2 Å². The van der Waals surface area contributed by atoms with Gasteiger partial charge in [0.15, 0.2) is 16.7 Å². The molecule has 5 rings (SSSR count). The van der Waals surface area contributed by atoms with E-state index in [2.05, 4.69) is 5.32 Å². The maximum absolute atomic E-state index is 13.2. The Morgan fingerprint density at radius 2 is 2.09 bits per heavy atom. The molecule has 0 radical (unpaired) electrons. The molecule has 1 N–H and O–H groups in total. The predicted molar refractivity (Wildman–Crippen MR) is 125 cm³/mol. The lowest BCUT2D eigenvalue weighted by Gasteiger charge is -2.18. The third-order valence-corrected chi connectivity index (χ3v) is 6.88. The van der Waals surface area contributed by atoms with Gasteiger partial charge in [-0.25, -0.2) is 4.98 Å². The number of carbonyl (C=O) groups excluding carboxylic acids is 1. The molecule has 1 amide bonds. The Balaban J connectivity index is 1.32. The molecule has 2 atom stereocenters. The number of benzene rings is 2. The number of hydrogen-bond acceptors (Lipinski definition) is 7. The van der Waals surface area contributed by atoms with Crippen LogP contribution in [0, 0.1) is 0 Å². The Bertz CT molecular complexity index is 1240. The van der Waals surface area contributed by atoms with Crippen LogP contribution in [-0.2, 0) is 22.6 Å². The molecule has 8 nitrogen and oxygen atoms in total. The summed E-state index contributed by atoms with van der Waals surface area (Å²) in [7, 11) is 0. The number of carbonyl (C=O) groups is 1. The number of fused-ring (bicyclic) bond motifs is 2. The standard InChI is InChI=1S/C24H25N3O5S/c1-15(22(28)25-12-16-8-9-20-21(11-16)32-14-31-20)33-24-26-19-7-3-2-6-18(19)23(29)27(24)13-17-5-4-10-30-17/h2-3,6-9,11,15,17H,4-5,10,12-14H2,1H3,(H,25,28). The summed E-state index contributed by atoms with van der Waals surface area (Å²) >= 11 is 1.29. The Kier molecular flexibility index (Phi) is 6.24. The third-order valence-electron chi connectivity index (χ3n) is 5.79. The van der Waals surface area contributed by atoms with Crippen molar-refractivity contribution in [2.75, 3.05) is 13.4 Å². The van der Waals surface area contributed by atoms with Crippen LogP contribution in [0.3, 0.4) is 0 Å². The highest BCUT2D eigenvalue weighted by molar-refractivity contribution is 8.00. The van der Waals surface area contributed by atoms with E-state index in [1.165, 1.54) is 11.8 Å². The van der Waals surface area contributed by atoms with Crippen molar-refractivity contribution >= 4 is 28.6 Å². The molecule has 2 aliphatic heterocycles. The van der Waals surface area contributed by atoms with E-state index in [0.717, 1.165) is 18.4 Å². The van der Waals surface area contributed by atoms with Crippen molar-refractivity contribution in [2.45, 2.75) is 49.4 Å². The molecule has 2 aromatic carbocycles. The fourth-order valence-electron chi connectivity index (χ4n) is 3.99. The van der Waals surface area contributed by atoms with Crippen LogP contribution < -0.4 is 20.3 Å². The second-order valence-corrected chi connectivity index (χ2v) is 9.44. The molecule has 2 unspecified atom stereocenters. The van der Waals surface area contributed by atoms with E-state index in [1.807, 2.05) is 43.3 Å². The summed E-state index contributed by atoms with van der Waals surface area (Å²) in [5, 5.41) is 3.61. The van der Waals surface area contributed by atoms with E-state index in [1.54, 1.807) is 10.6 Å². The van der Waals surface area contributed by atoms with Gasteiger partial charge in [0.1, 0.15) is 0 Å². The molecule has 0 saturated carbocycles. The normalized spacial score (nSPS) is 17.9. The lowest BCUT2D eigenvalue weighted by atomic mass is 10.2. The molecule has 0 bridgehead atoms. The van der Waals surface area contributed by atoms with Crippen molar-refractivity contribution in [3.05, 3.63) is 58.4 Å². The number of nitrogens with one attached hydrogen (secondary N) is 1. The summed E-state index contributed by atoms with van der Waals surface area (Å²) in [5.74, 6) is 1.26. The summed E-state index contributed by atoms with van der Waals surface area (Å²) in [6, 6.07) is 12.9. The molecule has 3 aromatic rings. The van der Waals surface area contributed by atoms with E-state index >= 15 is 0 Å². The minimum atomic E-state index is -0.442. The van der Waals surface area contributed by atoms with Crippen molar-refractivity contribution in [2.24, 2.45) is 0 Å². The number of amides is 1. The van der Waals surface area contributed by atoms with Crippen LogP contribution in [0.2, 0.25) is 0 Å². The van der Waals surface area contributed by atoms with Crippen LogP contribution >= 0.6 is 11.8 Å². The number of nitrogens with zero attached hydrogens (tertiary/aromatic N) is 2. The van der Waals surface area contributed by atoms with Gasteiger partial charge in [0.2, 0.25) is 12.7 Å². The minimum Gasteiger partial charge on any atom is -0.454 e. The number of rotatable bonds is 7. The van der Waals surface area contributed by atoms with Crippen LogP contribution in [-0.4, -0.2) is 40.2 Å². The molecule has 1 fully saturated rings. The lowest BCUT2D eigenvalue weighted by Crippen LogP contribution is -2.33. The van der Waals surface area contributed by atoms with Crippen molar-refractivity contribution < 1.29 is 19.0 Å². The largest absolute Gasteiger partial charge is 0.454 e. The van der Waals surface area contributed by atoms with Crippen LogP contribution in [0.5, 0.6) is 11.5 Å². The van der Waals surface area contributed by atoms with Gasteiger partial charge in [0.05, 0.1) is 28.8 Å². The first-order chi connectivity index (χ1) is 16.1. The number of thioether (sulfide) groups is 1. The number of aromatic nitrogens is 2. The van der Waals surface area contributed by atoms with Gasteiger partial charge < -0.3 is 19.5 Å². The monoisotopic (exact) mass is 467 g/mol. The molecule has 2 aliphatic rings. The van der Waals surface area contributed by atoms with Crippen LogP contribution in [0.15, 0.2) is 52.4 Å². The van der Waals surface area contributed by atoms with Gasteiger partial charge in [-0.15, -0.1) is 0 Å². The quantitative estimate of drug-likeness (QED) is 0.422. The highest BCUT2D eigenvalue weighted by atomic mass is 32.2. The summed E-state index contributed by atoms with van der Waals surface area (Å²) in [6.07, 6.45) is 1.89. The van der Waals surface area contributed by atoms with Gasteiger partial charge in [-0.3, -0.25) is 14.2 Å². The molecule has 1 aromatic heterocycles. The average Bonchev–Trinajstić information content (AvgIpc) is 3.51. The SMILES string of the molecule is CC(Sc1nc2ccccc2c(=O)n1CC1CCCO1)C(=O)NCc1ccc2c(c1)OCO2. The topological polar surface area (TPSA) is 91.7 Å². The molecular formula is C24H25N3O5S. The smallest absolute Gasteiger partial charge is 0.262 e. The number of hydrogen-bond donors (Lipinski definition) is 1. The first kappa shape index (κ1) is 21.8. The number of ether oxygens (including phenoxy) is 3. The Morgan fingerprint density at radius 3 is 2.94 bits per heavy atom. The Morgan fingerprint density at radius 1 is 1.24 bits per heavy atom. The zero-order valence-corrected chi connectivity index (χ0v) is 19.1. The maximum Gasteiger partial charge on any atom is 0.262 e. The molecule has 9 heteroatoms. The van der Waals surface area contributed by atoms with Gasteiger partial charge >= 0.3 is 0 Å². The highest BCUT2D eigenvalue weighted by Gasteiger charge is 2.23. The lowest BCUT2D eigenvalue weighted by molar-refractivity contribution is -0.120. The zero-order valence-electron chi connectivity index (χ0n) is 18.3. The Hall–Kier alpha value is -3.04. The third kappa shape index (κ3) is 4.69. The first-order valence-corrected chi connectivity index (χ1v) is 11.9. The second kappa shape index (κ2) is 9.44. The minimum absolute atomic E-state index is 0.0137. The van der Waals surface area contributed by atoms with E-state index < -0.39 is 5.25 Å². The molecule has 172 valence electrons. The fraction of sp³-hybridized carbons (Fsp3) is 0.375. The van der Waals surface area contributed by atoms with Crippen molar-refractivity contribution in [3.8, 4) is 11.5 Å². The molecule has 1 saturated heterocycles. The van der Waals surface area contributed by atoms with Crippen LogP contribution in [0.25, 0.3) is 10.9 Å². The predicted octanol–water partition coefficient (Wildman–Crippen LogP) is 3.10. The second-order valence-electron chi connectivity index (χ2n) is 8.13. The van der Waals surface area contributed by atoms with E-state index in [9.17, 15) is 9.59 Å². The van der Waals surface area contributed by atoms with Crippen molar-refractivity contribution in [3.63, 3.8) is 0 Å². The summed E-state index contributed by atoms with van der Waals surface area (Å²) in [5.41, 5.74) is 1.44. The zero-order chi connectivity index (χ0) is 22.8. The first-order valence-electron chi connectivity index (χ1n) is 11.0. The molecular weight excluding hydrogens is 442 g/mol. The molecule has 0 spiro atoms. The van der Waals surface area contributed by atoms with E-state index in [-0.39, 0.29) is 24.4 Å². The van der Waals surface area contributed by atoms with Crippen molar-refractivity contribution in [1.82, 2.24) is 14.9 Å². The Labute approximate surface area is 195 Å². The highest BCUT2D eigenvalue weighted by Crippen LogP contribution is 2.32. The summed E-state index contributed by atoms with van der Waals surface area (Å²) < 4.78 is 18.1. The van der Waals surface area contributed by atoms with E-state index in [0.29, 0.717) is 47.3 Å². The molecule has 3 heterocycles. The van der Waals surface area contributed by atoms with Crippen molar-refractivity contribution in [1.29, 1.82) is 0 Å². The molecule has 0 aliphatic carbocycles. The van der Waals surface area contributed by atoms with Crippen LogP contribution in [0.4, 0.5) is 0 Å². The number of para-hydroxylation sites is 1. The van der Waals surface area contributed by atoms with Gasteiger partial charge in [-0.2, -0.15) is 0 Å². The van der Waals surface area contributed by atoms with Gasteiger partial charge in [-0.05, 0) is 49.6 Å². The summed E-state index contributed by atoms with van der Waals surface area (Å²) in [4.78, 5) is 30.8. The van der Waals surface area contributed by atoms with Gasteiger partial charge in [0.25, 0.3) is 5.56 Å². The summed E-state index contributed by atoms with van der Waals surface area (Å²) in [6.45, 7) is 3.54.